The minimum Gasteiger partial charge on any atom is -0.450 e. The molecule has 0 radical (unpaired) electrons. The molecule has 0 aliphatic heterocycles. The topological polar surface area (TPSA) is 100 Å². The van der Waals surface area contributed by atoms with Gasteiger partial charge in [-0.15, -0.1) is 0 Å². The lowest BCUT2D eigenvalue weighted by atomic mass is 9.41. The molecule has 1 amide bonds. The summed E-state index contributed by atoms with van der Waals surface area (Å²) in [4.78, 5) is 25.5. The molecule has 1 heterocycles. The van der Waals surface area contributed by atoms with Gasteiger partial charge in [0.25, 0.3) is 0 Å². The van der Waals surface area contributed by atoms with Crippen LogP contribution in [0.1, 0.15) is 90.0 Å². The van der Waals surface area contributed by atoms with Crippen LogP contribution in [0.25, 0.3) is 0 Å². The van der Waals surface area contributed by atoms with Crippen LogP contribution in [-0.2, 0) is 4.74 Å². The van der Waals surface area contributed by atoms with Crippen LogP contribution in [0.3, 0.4) is 0 Å². The van der Waals surface area contributed by atoms with E-state index in [9.17, 15) is 19.8 Å². The van der Waals surface area contributed by atoms with Crippen molar-refractivity contribution in [3.8, 4) is 0 Å². The summed E-state index contributed by atoms with van der Waals surface area (Å²) < 4.78 is 10.4. The molecule has 0 aromatic carbocycles. The van der Waals surface area contributed by atoms with Gasteiger partial charge < -0.3 is 24.3 Å². The summed E-state index contributed by atoms with van der Waals surface area (Å²) in [7, 11) is 1.78. The third-order valence-corrected chi connectivity index (χ3v) is 11.2. The van der Waals surface area contributed by atoms with E-state index in [0.29, 0.717) is 19.4 Å². The predicted octanol–water partition coefficient (Wildman–Crippen LogP) is 4.45. The molecule has 7 nitrogen and oxygen atoms in total. The fourth-order valence-electron chi connectivity index (χ4n) is 9.01. The van der Waals surface area contributed by atoms with Crippen LogP contribution in [0, 0.1) is 22.7 Å². The summed E-state index contributed by atoms with van der Waals surface area (Å²) in [6, 6.07) is 3.31. The number of nitrogens with zero attached hydrogens (tertiary/aromatic N) is 1. The molecule has 1 aromatic heterocycles. The van der Waals surface area contributed by atoms with Gasteiger partial charge in [-0.05, 0) is 99.5 Å². The fourth-order valence-corrected chi connectivity index (χ4v) is 9.01. The number of hydrogen-bond acceptors (Lipinski definition) is 6. The van der Waals surface area contributed by atoms with Gasteiger partial charge in [-0.1, -0.05) is 13.8 Å². The molecule has 7 heteroatoms. The molecule has 0 saturated heterocycles. The Kier molecular flexibility index (Phi) is 5.91. The summed E-state index contributed by atoms with van der Waals surface area (Å²) in [5.41, 5.74) is -1.60. The summed E-state index contributed by atoms with van der Waals surface area (Å²) in [6.07, 6.45) is 8.36. The highest BCUT2D eigenvalue weighted by atomic mass is 16.6. The van der Waals surface area contributed by atoms with Gasteiger partial charge in [-0.2, -0.15) is 0 Å². The molecule has 0 spiro atoms. The zero-order chi connectivity index (χ0) is 25.2. The number of aliphatic hydroxyl groups is 2. The van der Waals surface area contributed by atoms with Gasteiger partial charge in [0.15, 0.2) is 0 Å². The Hall–Kier alpha value is -1.86. The first-order chi connectivity index (χ1) is 16.5. The smallest absolute Gasteiger partial charge is 0.409 e. The molecule has 8 atom stereocenters. The van der Waals surface area contributed by atoms with E-state index in [4.69, 9.17) is 9.15 Å². The van der Waals surface area contributed by atoms with Gasteiger partial charge >= 0.3 is 11.7 Å². The molecule has 0 bridgehead atoms. The summed E-state index contributed by atoms with van der Waals surface area (Å²) in [5.74, 6) is 0.521. The van der Waals surface area contributed by atoms with Crippen molar-refractivity contribution in [2.45, 2.75) is 102 Å². The van der Waals surface area contributed by atoms with Crippen molar-refractivity contribution in [3.63, 3.8) is 0 Å². The summed E-state index contributed by atoms with van der Waals surface area (Å²) >= 11 is 0. The van der Waals surface area contributed by atoms with Gasteiger partial charge in [-0.25, -0.2) is 9.59 Å². The first-order valence-electron chi connectivity index (χ1n) is 13.4. The highest BCUT2D eigenvalue weighted by Crippen LogP contribution is 2.71. The Morgan fingerprint density at radius 3 is 2.46 bits per heavy atom. The number of fused-ring (bicyclic) bond motifs is 5. The molecule has 0 unspecified atom stereocenters. The van der Waals surface area contributed by atoms with Crippen LogP contribution >= 0.6 is 0 Å². The minimum atomic E-state index is -0.858. The van der Waals surface area contributed by atoms with Crippen molar-refractivity contribution in [2.75, 3.05) is 13.7 Å². The Bertz CT molecular complexity index is 1020. The van der Waals surface area contributed by atoms with Crippen LogP contribution < -0.4 is 5.63 Å². The van der Waals surface area contributed by atoms with E-state index in [1.807, 2.05) is 6.07 Å². The van der Waals surface area contributed by atoms with Crippen molar-refractivity contribution in [1.29, 1.82) is 0 Å². The second kappa shape index (κ2) is 8.34. The quantitative estimate of drug-likeness (QED) is 0.653. The highest BCUT2D eigenvalue weighted by molar-refractivity contribution is 5.67. The average molecular weight is 488 g/mol. The van der Waals surface area contributed by atoms with Crippen molar-refractivity contribution in [2.24, 2.45) is 22.7 Å². The predicted molar refractivity (Wildman–Crippen MR) is 131 cm³/mol. The molecule has 4 saturated carbocycles. The minimum absolute atomic E-state index is 0.0378. The Balaban J connectivity index is 1.40. The first kappa shape index (κ1) is 24.8. The van der Waals surface area contributed by atoms with Crippen LogP contribution in [0.15, 0.2) is 27.6 Å². The van der Waals surface area contributed by atoms with E-state index in [2.05, 4.69) is 13.8 Å². The SMILES string of the molecule is CCOC(=O)N(C)[C@H]1CC[C@]2(C)[C@H]3CC[C@]4(C)[C@@H](c5ccc(=O)oc5)CC[C@]4(O)[C@@H]3CC[C@]2(O)C1. The molecule has 5 rings (SSSR count). The number of hydrogen-bond donors (Lipinski definition) is 2. The average Bonchev–Trinajstić information content (AvgIpc) is 3.10. The number of rotatable bonds is 3. The number of carbonyl (C=O) groups is 1. The van der Waals surface area contributed by atoms with E-state index >= 15 is 0 Å². The molecule has 35 heavy (non-hydrogen) atoms. The molecular formula is C28H41NO6. The molecule has 194 valence electrons. The second-order valence-corrected chi connectivity index (χ2v) is 12.3. The van der Waals surface area contributed by atoms with Crippen molar-refractivity contribution >= 4 is 6.09 Å². The van der Waals surface area contributed by atoms with E-state index in [0.717, 1.165) is 50.5 Å². The van der Waals surface area contributed by atoms with E-state index in [-0.39, 0.29) is 46.3 Å². The lowest BCUT2D eigenvalue weighted by Crippen LogP contribution is -2.68. The zero-order valence-electron chi connectivity index (χ0n) is 21.6. The van der Waals surface area contributed by atoms with E-state index in [1.165, 1.54) is 6.07 Å². The molecular weight excluding hydrogens is 446 g/mol. The maximum atomic E-state index is 12.4. The van der Waals surface area contributed by atoms with E-state index < -0.39 is 11.2 Å². The van der Waals surface area contributed by atoms with Crippen molar-refractivity contribution in [3.05, 3.63) is 34.4 Å². The van der Waals surface area contributed by atoms with Gasteiger partial charge in [0, 0.05) is 24.6 Å². The van der Waals surface area contributed by atoms with Gasteiger partial charge in [0.1, 0.15) is 0 Å². The standard InChI is InChI=1S/C28H41NO6/c1-5-34-24(31)29(4)19-8-12-25(2)21-9-13-26(3)20(18-6-7-23(30)35-17-18)11-15-28(26,33)22(21)10-14-27(25,32)16-19/h6-7,17,19-22,32-33H,5,8-16H2,1-4H3/t19-,20+,21-,22+,25+,26+,27-,28-/m0/s1. The molecule has 2 N–H and O–H groups in total. The number of ether oxygens (including phenoxy) is 1. The maximum Gasteiger partial charge on any atom is 0.409 e. The van der Waals surface area contributed by atoms with Crippen LogP contribution in [0.5, 0.6) is 0 Å². The summed E-state index contributed by atoms with van der Waals surface area (Å²) in [6.45, 7) is 6.60. The number of carbonyl (C=O) groups excluding carboxylic acids is 1. The summed E-state index contributed by atoms with van der Waals surface area (Å²) in [5, 5.41) is 24.4. The normalized spacial score (nSPS) is 44.6. The lowest BCUT2D eigenvalue weighted by molar-refractivity contribution is -0.249. The molecule has 1 aromatic rings. The monoisotopic (exact) mass is 487 g/mol. The second-order valence-electron chi connectivity index (χ2n) is 12.3. The van der Waals surface area contributed by atoms with E-state index in [1.54, 1.807) is 25.1 Å². The maximum absolute atomic E-state index is 12.4. The Labute approximate surface area is 207 Å². The molecule has 4 aliphatic carbocycles. The molecule has 4 aliphatic rings. The lowest BCUT2D eigenvalue weighted by Gasteiger charge is -2.66. The third-order valence-electron chi connectivity index (χ3n) is 11.2. The van der Waals surface area contributed by atoms with Crippen molar-refractivity contribution < 1.29 is 24.2 Å². The largest absolute Gasteiger partial charge is 0.450 e. The Morgan fingerprint density at radius 1 is 1.06 bits per heavy atom. The van der Waals surface area contributed by atoms with Gasteiger partial charge in [0.2, 0.25) is 0 Å². The highest BCUT2D eigenvalue weighted by Gasteiger charge is 2.70. The van der Waals surface area contributed by atoms with Crippen molar-refractivity contribution in [1.82, 2.24) is 4.90 Å². The van der Waals surface area contributed by atoms with Gasteiger partial charge in [-0.3, -0.25) is 0 Å². The van der Waals surface area contributed by atoms with Crippen LogP contribution in [-0.4, -0.2) is 52.1 Å². The third kappa shape index (κ3) is 3.44. The van der Waals surface area contributed by atoms with Crippen LogP contribution in [0.4, 0.5) is 4.79 Å². The first-order valence-corrected chi connectivity index (χ1v) is 13.4. The Morgan fingerprint density at radius 2 is 1.77 bits per heavy atom. The number of amides is 1. The fraction of sp³-hybridized carbons (Fsp3) is 0.786. The molecule has 4 fully saturated rings. The zero-order valence-corrected chi connectivity index (χ0v) is 21.6. The van der Waals surface area contributed by atoms with Crippen LogP contribution in [0.2, 0.25) is 0 Å². The van der Waals surface area contributed by atoms with Gasteiger partial charge in [0.05, 0.1) is 24.1 Å².